The van der Waals surface area contributed by atoms with Gasteiger partial charge in [-0.15, -0.1) is 0 Å². The number of aliphatic carboxylic acids is 1. The lowest BCUT2D eigenvalue weighted by Crippen LogP contribution is -2.05. The van der Waals surface area contributed by atoms with Crippen LogP contribution in [0, 0.1) is 18.3 Å². The van der Waals surface area contributed by atoms with E-state index in [1.807, 2.05) is 6.92 Å². The van der Waals surface area contributed by atoms with Crippen LogP contribution in [0.5, 0.6) is 0 Å². The van der Waals surface area contributed by atoms with E-state index in [0.29, 0.717) is 10.9 Å². The molecule has 0 amide bonds. The van der Waals surface area contributed by atoms with Gasteiger partial charge in [0.2, 0.25) is 0 Å². The first-order valence-electron chi connectivity index (χ1n) is 4.38. The molecule has 0 aliphatic heterocycles. The van der Waals surface area contributed by atoms with Gasteiger partial charge in [0.05, 0.1) is 18.1 Å². The van der Waals surface area contributed by atoms with Crippen molar-refractivity contribution in [2.75, 3.05) is 0 Å². The summed E-state index contributed by atoms with van der Waals surface area (Å²) in [4.78, 5) is 10.7. The molecule has 0 saturated heterocycles. The summed E-state index contributed by atoms with van der Waals surface area (Å²) < 4.78 is 0. The lowest BCUT2D eigenvalue weighted by atomic mass is 9.97. The molecule has 0 spiro atoms. The van der Waals surface area contributed by atoms with E-state index >= 15 is 0 Å². The van der Waals surface area contributed by atoms with Gasteiger partial charge >= 0.3 is 5.97 Å². The van der Waals surface area contributed by atoms with Crippen molar-refractivity contribution in [2.45, 2.75) is 18.7 Å². The van der Waals surface area contributed by atoms with Crippen molar-refractivity contribution in [3.8, 4) is 6.07 Å². The van der Waals surface area contributed by atoms with Crippen molar-refractivity contribution in [3.05, 3.63) is 34.4 Å². The van der Waals surface area contributed by atoms with Gasteiger partial charge in [0.1, 0.15) is 0 Å². The number of nitrogens with zero attached hydrogens (tertiary/aromatic N) is 1. The molecule has 78 valence electrons. The SMILES string of the molecule is Cc1cc(C#N)cc(CBr)c1CC(=O)O. The van der Waals surface area contributed by atoms with Crippen LogP contribution in [0.4, 0.5) is 0 Å². The molecular weight excluding hydrogens is 258 g/mol. The Morgan fingerprint density at radius 3 is 2.73 bits per heavy atom. The summed E-state index contributed by atoms with van der Waals surface area (Å²) in [6.45, 7) is 1.82. The van der Waals surface area contributed by atoms with Gasteiger partial charge in [0.25, 0.3) is 0 Å². The summed E-state index contributed by atoms with van der Waals surface area (Å²) in [5.41, 5.74) is 3.08. The topological polar surface area (TPSA) is 61.1 Å². The second kappa shape index (κ2) is 4.94. The first kappa shape index (κ1) is 11.7. The van der Waals surface area contributed by atoms with E-state index in [-0.39, 0.29) is 6.42 Å². The lowest BCUT2D eigenvalue weighted by molar-refractivity contribution is -0.136. The summed E-state index contributed by atoms with van der Waals surface area (Å²) in [5.74, 6) is -0.856. The highest BCUT2D eigenvalue weighted by atomic mass is 79.9. The van der Waals surface area contributed by atoms with Gasteiger partial charge in [0.15, 0.2) is 0 Å². The minimum Gasteiger partial charge on any atom is -0.481 e. The number of hydrogen-bond acceptors (Lipinski definition) is 2. The molecule has 0 saturated carbocycles. The molecule has 1 N–H and O–H groups in total. The molecule has 0 bridgehead atoms. The van der Waals surface area contributed by atoms with Crippen LogP contribution in [0.25, 0.3) is 0 Å². The largest absolute Gasteiger partial charge is 0.481 e. The Bertz CT molecular complexity index is 435. The Morgan fingerprint density at radius 2 is 2.27 bits per heavy atom. The molecule has 0 aliphatic rings. The van der Waals surface area contributed by atoms with Crippen LogP contribution in [0.15, 0.2) is 12.1 Å². The fraction of sp³-hybridized carbons (Fsp3) is 0.273. The van der Waals surface area contributed by atoms with Crippen LogP contribution < -0.4 is 0 Å². The van der Waals surface area contributed by atoms with Crippen molar-refractivity contribution in [2.24, 2.45) is 0 Å². The van der Waals surface area contributed by atoms with E-state index in [9.17, 15) is 4.79 Å². The summed E-state index contributed by atoms with van der Waals surface area (Å²) in [7, 11) is 0. The molecule has 1 aromatic carbocycles. The zero-order valence-corrected chi connectivity index (χ0v) is 9.84. The predicted octanol–water partition coefficient (Wildman–Crippen LogP) is 2.39. The second-order valence-electron chi connectivity index (χ2n) is 3.25. The summed E-state index contributed by atoms with van der Waals surface area (Å²) in [5, 5.41) is 18.1. The van der Waals surface area contributed by atoms with E-state index in [1.54, 1.807) is 12.1 Å². The van der Waals surface area contributed by atoms with Gasteiger partial charge < -0.3 is 5.11 Å². The number of carbonyl (C=O) groups is 1. The Labute approximate surface area is 96.5 Å². The number of carboxylic acids is 1. The van der Waals surface area contributed by atoms with E-state index in [1.165, 1.54) is 0 Å². The number of rotatable bonds is 3. The predicted molar refractivity (Wildman–Crippen MR) is 59.9 cm³/mol. The fourth-order valence-corrected chi connectivity index (χ4v) is 1.98. The van der Waals surface area contributed by atoms with E-state index in [2.05, 4.69) is 22.0 Å². The maximum atomic E-state index is 10.7. The van der Waals surface area contributed by atoms with E-state index in [4.69, 9.17) is 10.4 Å². The Kier molecular flexibility index (Phi) is 3.87. The minimum absolute atomic E-state index is 0.00151. The maximum Gasteiger partial charge on any atom is 0.307 e. The standard InChI is InChI=1S/C11H10BrNO2/c1-7-2-8(6-13)3-9(5-12)10(7)4-11(14)15/h2-3H,4-5H2,1H3,(H,14,15). The molecule has 0 fully saturated rings. The first-order valence-corrected chi connectivity index (χ1v) is 5.51. The van der Waals surface area contributed by atoms with Crippen LogP contribution in [0.2, 0.25) is 0 Å². The summed E-state index contributed by atoms with van der Waals surface area (Å²) >= 11 is 3.29. The molecule has 4 heteroatoms. The van der Waals surface area contributed by atoms with E-state index < -0.39 is 5.97 Å². The fourth-order valence-electron chi connectivity index (χ4n) is 1.48. The first-order chi connectivity index (χ1) is 7.08. The van der Waals surface area contributed by atoms with Crippen molar-refractivity contribution in [1.82, 2.24) is 0 Å². The van der Waals surface area contributed by atoms with Crippen molar-refractivity contribution >= 4 is 21.9 Å². The molecule has 0 heterocycles. The average Bonchev–Trinajstić information content (AvgIpc) is 2.20. The molecule has 1 rings (SSSR count). The van der Waals surface area contributed by atoms with Gasteiger partial charge in [-0.2, -0.15) is 5.26 Å². The zero-order valence-electron chi connectivity index (χ0n) is 8.25. The summed E-state index contributed by atoms with van der Waals surface area (Å²) in [6.07, 6.45) is -0.00151. The molecule has 3 nitrogen and oxygen atoms in total. The molecule has 0 aliphatic carbocycles. The molecule has 1 aromatic rings. The Morgan fingerprint density at radius 1 is 1.60 bits per heavy atom. The number of nitriles is 1. The highest BCUT2D eigenvalue weighted by Crippen LogP contribution is 2.20. The Hall–Kier alpha value is -1.34. The van der Waals surface area contributed by atoms with Crippen molar-refractivity contribution in [1.29, 1.82) is 5.26 Å². The third-order valence-electron chi connectivity index (χ3n) is 2.17. The monoisotopic (exact) mass is 267 g/mol. The highest BCUT2D eigenvalue weighted by Gasteiger charge is 2.10. The molecule has 0 unspecified atom stereocenters. The Balaban J connectivity index is 3.25. The minimum atomic E-state index is -0.856. The number of benzene rings is 1. The maximum absolute atomic E-state index is 10.7. The molecule has 0 aromatic heterocycles. The van der Waals surface area contributed by atoms with E-state index in [0.717, 1.165) is 16.7 Å². The number of aryl methyl sites for hydroxylation is 1. The van der Waals surface area contributed by atoms with Crippen LogP contribution in [-0.2, 0) is 16.5 Å². The molecular formula is C11H10BrNO2. The average molecular weight is 268 g/mol. The molecule has 15 heavy (non-hydrogen) atoms. The molecule has 0 atom stereocenters. The third kappa shape index (κ3) is 2.80. The number of carboxylic acid groups (broad SMARTS) is 1. The summed E-state index contributed by atoms with van der Waals surface area (Å²) in [6, 6.07) is 5.49. The highest BCUT2D eigenvalue weighted by molar-refractivity contribution is 9.08. The van der Waals surface area contributed by atoms with Crippen LogP contribution in [0.1, 0.15) is 22.3 Å². The van der Waals surface area contributed by atoms with Gasteiger partial charge in [-0.05, 0) is 35.7 Å². The van der Waals surface area contributed by atoms with Gasteiger partial charge in [-0.3, -0.25) is 4.79 Å². The van der Waals surface area contributed by atoms with Crippen LogP contribution in [0.3, 0.4) is 0 Å². The smallest absolute Gasteiger partial charge is 0.307 e. The normalized spacial score (nSPS) is 9.67. The van der Waals surface area contributed by atoms with Crippen molar-refractivity contribution < 1.29 is 9.90 Å². The lowest BCUT2D eigenvalue weighted by Gasteiger charge is -2.09. The van der Waals surface area contributed by atoms with Gasteiger partial charge in [-0.25, -0.2) is 0 Å². The van der Waals surface area contributed by atoms with Crippen LogP contribution in [-0.4, -0.2) is 11.1 Å². The quantitative estimate of drug-likeness (QED) is 0.856. The molecule has 0 radical (unpaired) electrons. The number of hydrogen-bond donors (Lipinski definition) is 1. The second-order valence-corrected chi connectivity index (χ2v) is 3.81. The number of alkyl halides is 1. The van der Waals surface area contributed by atoms with Crippen molar-refractivity contribution in [3.63, 3.8) is 0 Å². The number of halogens is 1. The van der Waals surface area contributed by atoms with Crippen LogP contribution >= 0.6 is 15.9 Å². The zero-order chi connectivity index (χ0) is 11.4. The third-order valence-corrected chi connectivity index (χ3v) is 2.77. The van der Waals surface area contributed by atoms with Gasteiger partial charge in [0, 0.05) is 5.33 Å². The van der Waals surface area contributed by atoms with Gasteiger partial charge in [-0.1, -0.05) is 15.9 Å².